The SMILES string of the molecule is O=C(CCCCCNC(=O)CCCC[C@@H]1SC[C@@H]2NC(=O)N[C@@H]21)NCCCCCC(=O)ON1C(=O)CC(S(=O)(=O)O)C1=O. The summed E-state index contributed by atoms with van der Waals surface area (Å²) in [6.07, 6.45) is 6.53. The van der Waals surface area contributed by atoms with Crippen molar-refractivity contribution in [3.05, 3.63) is 0 Å². The number of unbranched alkanes of at least 4 members (excludes halogenated alkanes) is 5. The molecule has 3 aliphatic heterocycles. The third kappa shape index (κ3) is 11.3. The second kappa shape index (κ2) is 16.8. The molecule has 6 amide bonds. The Balaban J connectivity index is 1.09. The molecule has 3 aliphatic rings. The second-order valence-electron chi connectivity index (χ2n) is 10.9. The van der Waals surface area contributed by atoms with Gasteiger partial charge in [-0.05, 0) is 38.5 Å². The van der Waals surface area contributed by atoms with E-state index in [1.165, 1.54) is 0 Å². The zero-order valence-electron chi connectivity index (χ0n) is 24.0. The molecule has 0 bridgehead atoms. The van der Waals surface area contributed by atoms with Gasteiger partial charge < -0.3 is 26.1 Å². The summed E-state index contributed by atoms with van der Waals surface area (Å²) in [6.45, 7) is 0.999. The van der Waals surface area contributed by atoms with Crippen LogP contribution in [0.4, 0.5) is 4.79 Å². The Hall–Kier alpha value is -2.92. The van der Waals surface area contributed by atoms with E-state index in [0.29, 0.717) is 56.9 Å². The lowest BCUT2D eigenvalue weighted by atomic mass is 10.0. The quantitative estimate of drug-likeness (QED) is 0.0564. The van der Waals surface area contributed by atoms with Gasteiger partial charge in [0.2, 0.25) is 11.8 Å². The molecule has 3 heterocycles. The highest BCUT2D eigenvalue weighted by Crippen LogP contribution is 2.33. The highest BCUT2D eigenvalue weighted by atomic mass is 32.2. The van der Waals surface area contributed by atoms with Gasteiger partial charge in [0.25, 0.3) is 21.9 Å². The van der Waals surface area contributed by atoms with Gasteiger partial charge in [-0.15, -0.1) is 5.06 Å². The second-order valence-corrected chi connectivity index (χ2v) is 13.8. The predicted octanol–water partition coefficient (Wildman–Crippen LogP) is 0.539. The summed E-state index contributed by atoms with van der Waals surface area (Å²) in [7, 11) is -4.77. The van der Waals surface area contributed by atoms with Gasteiger partial charge in [-0.1, -0.05) is 19.3 Å². The van der Waals surface area contributed by atoms with Crippen LogP contribution in [0.15, 0.2) is 0 Å². The molecule has 0 aromatic carbocycles. The van der Waals surface area contributed by atoms with Crippen molar-refractivity contribution in [2.45, 2.75) is 106 Å². The fraction of sp³-hybridized carbons (Fsp3) is 0.769. The van der Waals surface area contributed by atoms with Crippen LogP contribution in [0, 0.1) is 0 Å². The average Bonchev–Trinajstić information content (AvgIpc) is 3.58. The Kier molecular flexibility index (Phi) is 13.5. The normalized spacial score (nSPS) is 23.1. The van der Waals surface area contributed by atoms with Crippen molar-refractivity contribution < 1.29 is 46.6 Å². The third-order valence-electron chi connectivity index (χ3n) is 7.48. The smallest absolute Gasteiger partial charge is 0.333 e. The number of hydroxylamine groups is 2. The van der Waals surface area contributed by atoms with Crippen LogP contribution in [0.5, 0.6) is 0 Å². The molecule has 0 aromatic heterocycles. The molecule has 3 saturated heterocycles. The summed E-state index contributed by atoms with van der Waals surface area (Å²) in [6, 6.07) is 0.323. The minimum Gasteiger partial charge on any atom is -0.356 e. The maximum absolute atomic E-state index is 12.1. The lowest BCUT2D eigenvalue weighted by molar-refractivity contribution is -0.197. The van der Waals surface area contributed by atoms with Crippen LogP contribution in [-0.4, -0.2) is 95.1 Å². The van der Waals surface area contributed by atoms with Crippen LogP contribution < -0.4 is 21.3 Å². The lowest BCUT2D eigenvalue weighted by Gasteiger charge is -2.16. The topological polar surface area (TPSA) is 217 Å². The van der Waals surface area contributed by atoms with Crippen LogP contribution in [0.3, 0.4) is 0 Å². The number of imide groups is 1. The Morgan fingerprint density at radius 1 is 0.884 bits per heavy atom. The van der Waals surface area contributed by atoms with Crippen molar-refractivity contribution in [3.63, 3.8) is 0 Å². The van der Waals surface area contributed by atoms with E-state index in [4.69, 9.17) is 4.55 Å². The van der Waals surface area contributed by atoms with E-state index in [9.17, 15) is 37.2 Å². The number of fused-ring (bicyclic) bond motifs is 1. The summed E-state index contributed by atoms with van der Waals surface area (Å²) in [5.41, 5.74) is 0. The number of urea groups is 1. The van der Waals surface area contributed by atoms with Gasteiger partial charge in [-0.25, -0.2) is 9.59 Å². The molecular weight excluding hydrogens is 606 g/mol. The van der Waals surface area contributed by atoms with Gasteiger partial charge in [0.05, 0.1) is 18.5 Å². The molecule has 1 unspecified atom stereocenters. The van der Waals surface area contributed by atoms with Crippen LogP contribution in [0.25, 0.3) is 0 Å². The Morgan fingerprint density at radius 3 is 2.09 bits per heavy atom. The van der Waals surface area contributed by atoms with Gasteiger partial charge >= 0.3 is 12.0 Å². The van der Waals surface area contributed by atoms with Gasteiger partial charge in [0.15, 0.2) is 5.25 Å². The molecule has 0 radical (unpaired) electrons. The zero-order valence-corrected chi connectivity index (χ0v) is 25.6. The average molecular weight is 648 g/mol. The minimum absolute atomic E-state index is 0.0302. The fourth-order valence-corrected chi connectivity index (χ4v) is 7.37. The van der Waals surface area contributed by atoms with E-state index < -0.39 is 39.6 Å². The molecule has 4 atom stereocenters. The van der Waals surface area contributed by atoms with Crippen LogP contribution in [0.1, 0.15) is 83.5 Å². The molecule has 3 fully saturated rings. The van der Waals surface area contributed by atoms with Crippen molar-refractivity contribution in [3.8, 4) is 0 Å². The van der Waals surface area contributed by atoms with Crippen LogP contribution in [-0.2, 0) is 38.9 Å². The summed E-state index contributed by atoms with van der Waals surface area (Å²) < 4.78 is 31.2. The summed E-state index contributed by atoms with van der Waals surface area (Å²) in [4.78, 5) is 75.6. The molecule has 242 valence electrons. The maximum atomic E-state index is 12.1. The Bertz CT molecular complexity index is 1150. The van der Waals surface area contributed by atoms with Crippen molar-refractivity contribution in [1.29, 1.82) is 0 Å². The first-order chi connectivity index (χ1) is 20.5. The lowest BCUT2D eigenvalue weighted by Crippen LogP contribution is -2.36. The first-order valence-electron chi connectivity index (χ1n) is 14.7. The summed E-state index contributed by atoms with van der Waals surface area (Å²) >= 11 is 1.87. The number of carbonyl (C=O) groups is 6. The Morgan fingerprint density at radius 2 is 1.49 bits per heavy atom. The number of thioether (sulfide) groups is 1. The van der Waals surface area contributed by atoms with Crippen molar-refractivity contribution in [2.75, 3.05) is 18.8 Å². The number of rotatable bonds is 19. The van der Waals surface area contributed by atoms with Gasteiger partial charge in [-0.3, -0.25) is 23.7 Å². The monoisotopic (exact) mass is 647 g/mol. The minimum atomic E-state index is -4.77. The molecule has 0 saturated carbocycles. The highest BCUT2D eigenvalue weighted by molar-refractivity contribution is 8.00. The van der Waals surface area contributed by atoms with Crippen molar-refractivity contribution >= 4 is 57.5 Å². The third-order valence-corrected chi connectivity index (χ3v) is 10.1. The number of hydrogen-bond donors (Lipinski definition) is 5. The molecular formula is C26H41N5O10S2. The Labute approximate surface area is 255 Å². The van der Waals surface area contributed by atoms with Crippen LogP contribution in [0.2, 0.25) is 0 Å². The molecule has 5 N–H and O–H groups in total. The van der Waals surface area contributed by atoms with Gasteiger partial charge in [-0.2, -0.15) is 20.2 Å². The van der Waals surface area contributed by atoms with E-state index in [1.807, 2.05) is 11.8 Å². The van der Waals surface area contributed by atoms with E-state index >= 15 is 0 Å². The van der Waals surface area contributed by atoms with Gasteiger partial charge in [0.1, 0.15) is 0 Å². The first-order valence-corrected chi connectivity index (χ1v) is 17.3. The summed E-state index contributed by atoms with van der Waals surface area (Å²) in [5, 5.41) is 10.2. The maximum Gasteiger partial charge on any atom is 0.333 e. The number of carbonyl (C=O) groups excluding carboxylic acids is 6. The molecule has 17 heteroatoms. The number of nitrogens with one attached hydrogen (secondary N) is 4. The van der Waals surface area contributed by atoms with Crippen molar-refractivity contribution in [1.82, 2.24) is 26.3 Å². The number of amides is 6. The molecule has 0 aliphatic carbocycles. The summed E-state index contributed by atoms with van der Waals surface area (Å²) in [5.74, 6) is -2.32. The molecule has 3 rings (SSSR count). The predicted molar refractivity (Wildman–Crippen MR) is 155 cm³/mol. The molecule has 43 heavy (non-hydrogen) atoms. The molecule has 15 nitrogen and oxygen atoms in total. The zero-order chi connectivity index (χ0) is 31.4. The van der Waals surface area contributed by atoms with E-state index in [2.05, 4.69) is 26.1 Å². The van der Waals surface area contributed by atoms with E-state index in [0.717, 1.165) is 37.9 Å². The van der Waals surface area contributed by atoms with Crippen LogP contribution >= 0.6 is 11.8 Å². The fourth-order valence-electron chi connectivity index (χ4n) is 5.12. The first kappa shape index (κ1) is 34.6. The van der Waals surface area contributed by atoms with Crippen molar-refractivity contribution in [2.24, 2.45) is 0 Å². The van der Waals surface area contributed by atoms with Gasteiger partial charge in [0, 0.05) is 43.4 Å². The molecule has 0 spiro atoms. The van der Waals surface area contributed by atoms with E-state index in [1.54, 1.807) is 0 Å². The standard InChI is InChI=1S/C26H41N5O10S2/c32-20(27-14-8-2-4-12-23(35)41-31-22(34)15-19(25(31)36)43(38,39)40)10-3-1-7-13-28-21(33)11-6-5-9-18-24-17(16-42-18)29-26(37)30-24/h17-19,24H,1-16H2,(H,27,32)(H,28,33)(H2,29,30,37)(H,38,39,40)/t17-,18-,19?,24-/m0/s1. The number of hydrogen-bond acceptors (Lipinski definition) is 10. The highest BCUT2D eigenvalue weighted by Gasteiger charge is 2.48. The number of nitrogens with zero attached hydrogens (tertiary/aromatic N) is 1. The van der Waals surface area contributed by atoms with E-state index in [-0.39, 0.29) is 41.4 Å². The molecule has 0 aromatic rings. The largest absolute Gasteiger partial charge is 0.356 e.